The highest BCUT2D eigenvalue weighted by Crippen LogP contribution is 2.22. The third-order valence-electron chi connectivity index (χ3n) is 2.42. The first kappa shape index (κ1) is 13.7. The van der Waals surface area contributed by atoms with E-state index < -0.39 is 11.6 Å². The van der Waals surface area contributed by atoms with Gasteiger partial charge in [0.05, 0.1) is 12.3 Å². The molecule has 19 heavy (non-hydrogen) atoms. The lowest BCUT2D eigenvalue weighted by molar-refractivity contribution is 0.346. The Balaban J connectivity index is 1.81. The molecule has 2 nitrogen and oxygen atoms in total. The Morgan fingerprint density at radius 2 is 1.84 bits per heavy atom. The van der Waals surface area contributed by atoms with E-state index in [1.807, 2.05) is 12.1 Å². The summed E-state index contributed by atoms with van der Waals surface area (Å²) in [6.07, 6.45) is 0. The molecule has 5 heteroatoms. The fourth-order valence-corrected chi connectivity index (χ4v) is 2.24. The van der Waals surface area contributed by atoms with Crippen molar-refractivity contribution >= 4 is 17.4 Å². The Morgan fingerprint density at radius 3 is 2.58 bits per heavy atom. The predicted octanol–water partition coefficient (Wildman–Crippen LogP) is 3.72. The van der Waals surface area contributed by atoms with Crippen molar-refractivity contribution < 1.29 is 13.5 Å². The van der Waals surface area contributed by atoms with E-state index in [2.05, 4.69) is 0 Å². The van der Waals surface area contributed by atoms with Crippen LogP contribution in [0.25, 0.3) is 0 Å². The van der Waals surface area contributed by atoms with E-state index in [9.17, 15) is 8.78 Å². The first-order valence-corrected chi connectivity index (χ1v) is 6.70. The van der Waals surface area contributed by atoms with E-state index >= 15 is 0 Å². The van der Waals surface area contributed by atoms with Crippen LogP contribution in [0.2, 0.25) is 0 Å². The maximum absolute atomic E-state index is 13.0. The molecule has 0 amide bonds. The molecule has 0 aliphatic heterocycles. The molecule has 0 unspecified atom stereocenters. The monoisotopic (exact) mass is 281 g/mol. The molecule has 0 atom stereocenters. The van der Waals surface area contributed by atoms with Crippen LogP contribution in [0.4, 0.5) is 14.5 Å². The maximum Gasteiger partial charge on any atom is 0.159 e. The summed E-state index contributed by atoms with van der Waals surface area (Å²) in [5.74, 6) is -0.413. The Labute approximate surface area is 114 Å². The van der Waals surface area contributed by atoms with Gasteiger partial charge in [0, 0.05) is 10.6 Å². The Morgan fingerprint density at radius 1 is 1.05 bits per heavy atom. The fraction of sp³-hybridized carbons (Fsp3) is 0.143. The van der Waals surface area contributed by atoms with Gasteiger partial charge >= 0.3 is 0 Å². The average molecular weight is 281 g/mol. The van der Waals surface area contributed by atoms with Gasteiger partial charge in [-0.2, -0.15) is 0 Å². The van der Waals surface area contributed by atoms with E-state index in [-0.39, 0.29) is 0 Å². The summed E-state index contributed by atoms with van der Waals surface area (Å²) >= 11 is 1.40. The summed E-state index contributed by atoms with van der Waals surface area (Å²) in [7, 11) is 0. The van der Waals surface area contributed by atoms with Gasteiger partial charge in [0.25, 0.3) is 0 Å². The van der Waals surface area contributed by atoms with Crippen LogP contribution in [0.5, 0.6) is 5.75 Å². The molecule has 0 saturated carbocycles. The van der Waals surface area contributed by atoms with E-state index in [0.717, 1.165) is 6.07 Å². The molecule has 0 aliphatic rings. The van der Waals surface area contributed by atoms with Crippen molar-refractivity contribution in [2.24, 2.45) is 0 Å². The molecule has 0 aliphatic carbocycles. The van der Waals surface area contributed by atoms with Crippen molar-refractivity contribution in [1.82, 2.24) is 0 Å². The lowest BCUT2D eigenvalue weighted by Gasteiger charge is -2.08. The van der Waals surface area contributed by atoms with Crippen molar-refractivity contribution in [3.63, 3.8) is 0 Å². The van der Waals surface area contributed by atoms with Gasteiger partial charge in [0.2, 0.25) is 0 Å². The Hall–Kier alpha value is -1.75. The third kappa shape index (κ3) is 3.86. The zero-order chi connectivity index (χ0) is 13.7. The van der Waals surface area contributed by atoms with Gasteiger partial charge in [0.1, 0.15) is 5.75 Å². The smallest absolute Gasteiger partial charge is 0.159 e. The van der Waals surface area contributed by atoms with Crippen LogP contribution in [0.15, 0.2) is 47.4 Å². The predicted molar refractivity (Wildman–Crippen MR) is 73.4 cm³/mol. The fourth-order valence-electron chi connectivity index (χ4n) is 1.49. The first-order valence-electron chi connectivity index (χ1n) is 5.72. The second kappa shape index (κ2) is 6.43. The van der Waals surface area contributed by atoms with E-state index in [0.29, 0.717) is 28.7 Å². The van der Waals surface area contributed by atoms with Crippen LogP contribution in [0, 0.1) is 11.6 Å². The number of halogens is 2. The molecule has 0 saturated heterocycles. The van der Waals surface area contributed by atoms with E-state index in [4.69, 9.17) is 10.5 Å². The number of benzene rings is 2. The lowest BCUT2D eigenvalue weighted by Crippen LogP contribution is -2.02. The number of nitrogen functional groups attached to an aromatic ring is 1. The van der Waals surface area contributed by atoms with Crippen molar-refractivity contribution in [3.05, 3.63) is 54.1 Å². The minimum absolute atomic E-state index is 0.442. The highest BCUT2D eigenvalue weighted by Gasteiger charge is 2.03. The molecule has 0 heterocycles. The number of anilines is 1. The van der Waals surface area contributed by atoms with Crippen molar-refractivity contribution in [2.45, 2.75) is 4.90 Å². The van der Waals surface area contributed by atoms with Crippen molar-refractivity contribution in [3.8, 4) is 5.75 Å². The molecule has 100 valence electrons. The van der Waals surface area contributed by atoms with Crippen LogP contribution in [0.3, 0.4) is 0 Å². The van der Waals surface area contributed by atoms with Crippen LogP contribution in [-0.4, -0.2) is 12.4 Å². The largest absolute Gasteiger partial charge is 0.491 e. The average Bonchev–Trinajstić information content (AvgIpc) is 2.40. The molecule has 2 aromatic carbocycles. The molecule has 0 bridgehead atoms. The first-order chi connectivity index (χ1) is 9.16. The molecule has 2 rings (SSSR count). The highest BCUT2D eigenvalue weighted by molar-refractivity contribution is 7.99. The second-order valence-electron chi connectivity index (χ2n) is 3.81. The van der Waals surface area contributed by atoms with Crippen molar-refractivity contribution in [1.29, 1.82) is 0 Å². The molecule has 2 aromatic rings. The molecular formula is C14H13F2NOS. The van der Waals surface area contributed by atoms with Crippen LogP contribution < -0.4 is 10.5 Å². The number of thioether (sulfide) groups is 1. The minimum Gasteiger partial charge on any atom is -0.491 e. The van der Waals surface area contributed by atoms with Gasteiger partial charge in [-0.05, 0) is 30.3 Å². The summed E-state index contributed by atoms with van der Waals surface area (Å²) in [5.41, 5.74) is 6.31. The second-order valence-corrected chi connectivity index (χ2v) is 4.98. The molecular weight excluding hydrogens is 268 g/mol. The SMILES string of the molecule is Nc1ccccc1OCCSc1ccc(F)c(F)c1. The summed E-state index contributed by atoms with van der Waals surface area (Å²) in [6, 6.07) is 11.1. The number of nitrogens with two attached hydrogens (primary N) is 1. The summed E-state index contributed by atoms with van der Waals surface area (Å²) in [5, 5.41) is 0. The molecule has 0 spiro atoms. The van der Waals surface area contributed by atoms with E-state index in [1.165, 1.54) is 17.8 Å². The van der Waals surface area contributed by atoms with Gasteiger partial charge in [-0.15, -0.1) is 11.8 Å². The number of rotatable bonds is 5. The van der Waals surface area contributed by atoms with Gasteiger partial charge in [-0.25, -0.2) is 8.78 Å². The number of para-hydroxylation sites is 2. The molecule has 0 fully saturated rings. The minimum atomic E-state index is -0.836. The Kier molecular flexibility index (Phi) is 4.63. The quantitative estimate of drug-likeness (QED) is 0.515. The van der Waals surface area contributed by atoms with Gasteiger partial charge in [-0.3, -0.25) is 0 Å². The van der Waals surface area contributed by atoms with Gasteiger partial charge in [0.15, 0.2) is 11.6 Å². The summed E-state index contributed by atoms with van der Waals surface area (Å²) in [4.78, 5) is 0.670. The highest BCUT2D eigenvalue weighted by atomic mass is 32.2. The zero-order valence-corrected chi connectivity index (χ0v) is 10.9. The number of hydrogen-bond donors (Lipinski definition) is 1. The zero-order valence-electron chi connectivity index (χ0n) is 10.1. The normalized spacial score (nSPS) is 10.4. The topological polar surface area (TPSA) is 35.2 Å². The number of hydrogen-bond acceptors (Lipinski definition) is 3. The summed E-state index contributed by atoms with van der Waals surface area (Å²) < 4.78 is 31.2. The molecule has 0 aromatic heterocycles. The lowest BCUT2D eigenvalue weighted by atomic mass is 10.3. The standard InChI is InChI=1S/C14H13F2NOS/c15-11-6-5-10(9-12(11)16)19-8-7-18-14-4-2-1-3-13(14)17/h1-6,9H,7-8,17H2. The molecule has 0 radical (unpaired) electrons. The van der Waals surface area contributed by atoms with Crippen molar-refractivity contribution in [2.75, 3.05) is 18.1 Å². The van der Waals surface area contributed by atoms with Gasteiger partial charge < -0.3 is 10.5 Å². The van der Waals surface area contributed by atoms with Crippen LogP contribution in [0.1, 0.15) is 0 Å². The molecule has 2 N–H and O–H groups in total. The summed E-state index contributed by atoms with van der Waals surface area (Å²) in [6.45, 7) is 0.442. The van der Waals surface area contributed by atoms with Crippen LogP contribution in [-0.2, 0) is 0 Å². The van der Waals surface area contributed by atoms with Crippen LogP contribution >= 0.6 is 11.8 Å². The number of ether oxygens (including phenoxy) is 1. The van der Waals surface area contributed by atoms with Gasteiger partial charge in [-0.1, -0.05) is 12.1 Å². The maximum atomic E-state index is 13.0. The third-order valence-corrected chi connectivity index (χ3v) is 3.38. The Bertz CT molecular complexity index is 563. The van der Waals surface area contributed by atoms with E-state index in [1.54, 1.807) is 18.2 Å².